The Labute approximate surface area is 115 Å². The van der Waals surface area contributed by atoms with Crippen LogP contribution in [0.25, 0.3) is 0 Å². The minimum Gasteiger partial charge on any atom is -0.382 e. The van der Waals surface area contributed by atoms with Gasteiger partial charge >= 0.3 is 6.18 Å². The monoisotopic (exact) mass is 290 g/mol. The fraction of sp³-hybridized carbons (Fsp3) is 0.571. The zero-order chi connectivity index (χ0) is 14.8. The van der Waals surface area contributed by atoms with Gasteiger partial charge in [-0.05, 0) is 43.5 Å². The largest absolute Gasteiger partial charge is 0.401 e. The molecule has 1 aliphatic heterocycles. The third-order valence-electron chi connectivity index (χ3n) is 3.40. The molecule has 2 nitrogen and oxygen atoms in total. The number of alkyl halides is 3. The van der Waals surface area contributed by atoms with Crippen molar-refractivity contribution in [2.75, 3.05) is 25.0 Å². The van der Waals surface area contributed by atoms with Crippen molar-refractivity contribution in [3.8, 4) is 0 Å². The SMILES string of the molecule is Cc1cc(F)cc(NC2CCN(CC(F)(F)F)CC2)c1. The molecular weight excluding hydrogens is 272 g/mol. The van der Waals surface area contributed by atoms with Gasteiger partial charge in [0.1, 0.15) is 5.82 Å². The molecule has 0 spiro atoms. The van der Waals surface area contributed by atoms with Gasteiger partial charge in [-0.1, -0.05) is 0 Å². The number of hydrogen-bond donors (Lipinski definition) is 1. The van der Waals surface area contributed by atoms with Crippen molar-refractivity contribution in [3.05, 3.63) is 29.6 Å². The summed E-state index contributed by atoms with van der Waals surface area (Å²) in [4.78, 5) is 1.41. The first-order valence-electron chi connectivity index (χ1n) is 6.65. The maximum Gasteiger partial charge on any atom is 0.401 e. The van der Waals surface area contributed by atoms with Crippen molar-refractivity contribution in [3.63, 3.8) is 0 Å². The van der Waals surface area contributed by atoms with E-state index in [1.54, 1.807) is 6.92 Å². The Bertz CT molecular complexity index is 431. The maximum atomic E-state index is 13.3. The number of nitrogens with one attached hydrogen (secondary N) is 1. The number of aryl methyl sites for hydroxylation is 1. The van der Waals surface area contributed by atoms with Crippen LogP contribution in [0.1, 0.15) is 18.4 Å². The molecule has 0 bridgehead atoms. The van der Waals surface area contributed by atoms with Crippen LogP contribution in [0.2, 0.25) is 0 Å². The number of halogens is 4. The fourth-order valence-corrected chi connectivity index (χ4v) is 2.54. The van der Waals surface area contributed by atoms with Gasteiger partial charge in [0.15, 0.2) is 0 Å². The van der Waals surface area contributed by atoms with Gasteiger partial charge in [0.2, 0.25) is 0 Å². The Morgan fingerprint density at radius 2 is 1.85 bits per heavy atom. The fourth-order valence-electron chi connectivity index (χ4n) is 2.54. The van der Waals surface area contributed by atoms with E-state index in [1.807, 2.05) is 6.07 Å². The molecule has 1 aromatic carbocycles. The van der Waals surface area contributed by atoms with Crippen molar-refractivity contribution in [2.24, 2.45) is 0 Å². The van der Waals surface area contributed by atoms with Crippen LogP contribution in [0.3, 0.4) is 0 Å². The van der Waals surface area contributed by atoms with Crippen LogP contribution in [0.4, 0.5) is 23.2 Å². The predicted octanol–water partition coefficient (Wildman–Crippen LogP) is 3.57. The van der Waals surface area contributed by atoms with E-state index in [0.717, 1.165) is 5.56 Å². The molecule has 1 aromatic rings. The van der Waals surface area contributed by atoms with Gasteiger partial charge in [-0.3, -0.25) is 4.90 Å². The van der Waals surface area contributed by atoms with E-state index >= 15 is 0 Å². The van der Waals surface area contributed by atoms with Gasteiger partial charge in [0, 0.05) is 24.8 Å². The van der Waals surface area contributed by atoms with E-state index in [9.17, 15) is 17.6 Å². The topological polar surface area (TPSA) is 15.3 Å². The van der Waals surface area contributed by atoms with E-state index in [1.165, 1.54) is 17.0 Å². The molecule has 1 heterocycles. The van der Waals surface area contributed by atoms with Gasteiger partial charge in [0.25, 0.3) is 0 Å². The molecule has 0 aromatic heterocycles. The van der Waals surface area contributed by atoms with Crippen molar-refractivity contribution in [1.82, 2.24) is 4.90 Å². The van der Waals surface area contributed by atoms with Crippen molar-refractivity contribution < 1.29 is 17.6 Å². The van der Waals surface area contributed by atoms with Crippen LogP contribution in [-0.4, -0.2) is 36.8 Å². The van der Waals surface area contributed by atoms with Crippen LogP contribution < -0.4 is 5.32 Å². The zero-order valence-corrected chi connectivity index (χ0v) is 11.3. The van der Waals surface area contributed by atoms with Gasteiger partial charge in [-0.2, -0.15) is 13.2 Å². The Kier molecular flexibility index (Phi) is 4.52. The summed E-state index contributed by atoms with van der Waals surface area (Å²) in [6.45, 7) is 1.77. The third-order valence-corrected chi connectivity index (χ3v) is 3.40. The summed E-state index contributed by atoms with van der Waals surface area (Å²) >= 11 is 0. The molecule has 1 N–H and O–H groups in total. The quantitative estimate of drug-likeness (QED) is 0.856. The van der Waals surface area contributed by atoms with Crippen molar-refractivity contribution >= 4 is 5.69 Å². The first kappa shape index (κ1) is 15.1. The second-order valence-corrected chi connectivity index (χ2v) is 5.33. The molecule has 1 aliphatic rings. The molecule has 2 rings (SSSR count). The number of benzene rings is 1. The maximum absolute atomic E-state index is 13.3. The molecule has 0 unspecified atom stereocenters. The van der Waals surface area contributed by atoms with Crippen LogP contribution in [-0.2, 0) is 0 Å². The number of hydrogen-bond acceptors (Lipinski definition) is 2. The summed E-state index contributed by atoms with van der Waals surface area (Å²) in [5.74, 6) is -0.304. The summed E-state index contributed by atoms with van der Waals surface area (Å²) in [5, 5.41) is 3.20. The molecule has 1 saturated heterocycles. The molecule has 0 radical (unpaired) electrons. The number of likely N-dealkylation sites (tertiary alicyclic amines) is 1. The summed E-state index contributed by atoms with van der Waals surface area (Å²) in [5.41, 5.74) is 1.51. The molecule has 0 amide bonds. The molecule has 20 heavy (non-hydrogen) atoms. The predicted molar refractivity (Wildman–Crippen MR) is 70.3 cm³/mol. The van der Waals surface area contributed by atoms with Crippen molar-refractivity contribution in [2.45, 2.75) is 32.0 Å². The Morgan fingerprint density at radius 1 is 1.20 bits per heavy atom. The highest BCUT2D eigenvalue weighted by Crippen LogP contribution is 2.22. The van der Waals surface area contributed by atoms with Crippen LogP contribution in [0, 0.1) is 12.7 Å². The van der Waals surface area contributed by atoms with E-state index in [2.05, 4.69) is 5.32 Å². The van der Waals surface area contributed by atoms with Gasteiger partial charge < -0.3 is 5.32 Å². The summed E-state index contributed by atoms with van der Waals surface area (Å²) in [7, 11) is 0. The number of nitrogens with zero attached hydrogens (tertiary/aromatic N) is 1. The lowest BCUT2D eigenvalue weighted by Gasteiger charge is -2.33. The zero-order valence-electron chi connectivity index (χ0n) is 11.3. The van der Waals surface area contributed by atoms with Crippen LogP contribution in [0.15, 0.2) is 18.2 Å². The highest BCUT2D eigenvalue weighted by atomic mass is 19.4. The molecule has 0 aliphatic carbocycles. The first-order valence-corrected chi connectivity index (χ1v) is 6.65. The number of piperidine rings is 1. The lowest BCUT2D eigenvalue weighted by atomic mass is 10.0. The molecule has 6 heteroatoms. The van der Waals surface area contributed by atoms with Crippen molar-refractivity contribution in [1.29, 1.82) is 0 Å². The third kappa shape index (κ3) is 4.67. The minimum absolute atomic E-state index is 0.0979. The molecule has 1 fully saturated rings. The van der Waals surface area contributed by atoms with E-state index in [4.69, 9.17) is 0 Å². The highest BCUT2D eigenvalue weighted by Gasteiger charge is 2.32. The van der Waals surface area contributed by atoms with E-state index < -0.39 is 12.7 Å². The Balaban J connectivity index is 1.85. The molecule has 112 valence electrons. The number of rotatable bonds is 3. The second kappa shape index (κ2) is 5.99. The number of anilines is 1. The van der Waals surface area contributed by atoms with Crippen LogP contribution >= 0.6 is 0 Å². The van der Waals surface area contributed by atoms with Gasteiger partial charge in [0.05, 0.1) is 6.54 Å². The summed E-state index contributed by atoms with van der Waals surface area (Å²) in [6, 6.07) is 4.79. The van der Waals surface area contributed by atoms with Crippen LogP contribution in [0.5, 0.6) is 0 Å². The van der Waals surface area contributed by atoms with E-state index in [-0.39, 0.29) is 11.9 Å². The standard InChI is InChI=1S/C14H18F4N2/c1-10-6-11(15)8-13(7-10)19-12-2-4-20(5-3-12)9-14(16,17)18/h6-8,12,19H,2-5,9H2,1H3. The van der Waals surface area contributed by atoms with E-state index in [0.29, 0.717) is 31.6 Å². The first-order chi connectivity index (χ1) is 9.32. The smallest absolute Gasteiger partial charge is 0.382 e. The minimum atomic E-state index is -4.14. The molecular formula is C14H18F4N2. The average molecular weight is 290 g/mol. The Morgan fingerprint density at radius 3 is 2.40 bits per heavy atom. The normalized spacial score (nSPS) is 18.2. The lowest BCUT2D eigenvalue weighted by molar-refractivity contribution is -0.147. The van der Waals surface area contributed by atoms with Gasteiger partial charge in [-0.15, -0.1) is 0 Å². The second-order valence-electron chi connectivity index (χ2n) is 5.33. The highest BCUT2D eigenvalue weighted by molar-refractivity contribution is 5.46. The Hall–Kier alpha value is -1.30. The van der Waals surface area contributed by atoms with Gasteiger partial charge in [-0.25, -0.2) is 4.39 Å². The molecule has 0 saturated carbocycles. The summed E-state index contributed by atoms with van der Waals surface area (Å²) < 4.78 is 50.1. The summed E-state index contributed by atoms with van der Waals surface area (Å²) in [6.07, 6.45) is -2.88. The average Bonchev–Trinajstić information content (AvgIpc) is 2.28. The molecule has 0 atom stereocenters. The lowest BCUT2D eigenvalue weighted by Crippen LogP contribution is -2.43.